The third kappa shape index (κ3) is 6.59. The topological polar surface area (TPSA) is 49.8 Å². The Balaban J connectivity index is 0.00000280. The van der Waals surface area contributed by atoms with Crippen molar-refractivity contribution in [1.29, 1.82) is 0 Å². The summed E-state index contributed by atoms with van der Waals surface area (Å²) in [5.74, 6) is -0.988. The summed E-state index contributed by atoms with van der Waals surface area (Å²) in [5, 5.41) is 8.76. The number of carbonyl (C=O) groups is 1. The van der Waals surface area contributed by atoms with Crippen LogP contribution in [0.5, 0.6) is 0 Å². The van der Waals surface area contributed by atoms with Crippen LogP contribution >= 0.6 is 12.4 Å². The number of hydrogen-bond donors (Lipinski definition) is 1. The average Bonchev–Trinajstić information content (AvgIpc) is 2.68. The smallest absolute Gasteiger partial charge is 0.303 e. The summed E-state index contributed by atoms with van der Waals surface area (Å²) in [6, 6.07) is 16.5. The van der Waals surface area contributed by atoms with Crippen LogP contribution in [-0.4, -0.2) is 41.7 Å². The molecule has 3 rings (SSSR count). The van der Waals surface area contributed by atoms with Gasteiger partial charge in [0.1, 0.15) is 11.9 Å². The molecule has 1 unspecified atom stereocenters. The van der Waals surface area contributed by atoms with E-state index in [4.69, 9.17) is 9.84 Å². The summed E-state index contributed by atoms with van der Waals surface area (Å²) < 4.78 is 19.8. The van der Waals surface area contributed by atoms with Gasteiger partial charge in [-0.1, -0.05) is 42.5 Å². The molecule has 0 spiro atoms. The lowest BCUT2D eigenvalue weighted by atomic mass is 10.00. The monoisotopic (exact) mass is 407 g/mol. The molecular formula is C22H27ClFNO3. The lowest BCUT2D eigenvalue weighted by Gasteiger charge is -2.34. The number of carboxylic acid groups (broad SMARTS) is 1. The van der Waals surface area contributed by atoms with Crippen LogP contribution in [-0.2, 0) is 9.53 Å². The lowest BCUT2D eigenvalue weighted by Crippen LogP contribution is -2.38. The number of nitrogens with zero attached hydrogens (tertiary/aromatic N) is 1. The van der Waals surface area contributed by atoms with Crippen LogP contribution in [0.1, 0.15) is 42.9 Å². The Bertz CT molecular complexity index is 718. The first-order valence-corrected chi connectivity index (χ1v) is 9.52. The highest BCUT2D eigenvalue weighted by Crippen LogP contribution is 2.30. The van der Waals surface area contributed by atoms with Crippen molar-refractivity contribution in [3.63, 3.8) is 0 Å². The second-order valence-corrected chi connectivity index (χ2v) is 7.02. The molecule has 1 aliphatic heterocycles. The molecule has 0 aliphatic carbocycles. The van der Waals surface area contributed by atoms with Crippen LogP contribution in [0.3, 0.4) is 0 Å². The number of halogens is 2. The maximum Gasteiger partial charge on any atom is 0.303 e. The van der Waals surface area contributed by atoms with Gasteiger partial charge in [-0.25, -0.2) is 4.39 Å². The van der Waals surface area contributed by atoms with Crippen molar-refractivity contribution in [1.82, 2.24) is 4.90 Å². The quantitative estimate of drug-likeness (QED) is 0.690. The summed E-state index contributed by atoms with van der Waals surface area (Å²) in [7, 11) is 0. The fraction of sp³-hybridized carbons (Fsp3) is 0.409. The zero-order valence-electron chi connectivity index (χ0n) is 15.8. The van der Waals surface area contributed by atoms with E-state index in [1.807, 2.05) is 30.3 Å². The first kappa shape index (κ1) is 22.3. The van der Waals surface area contributed by atoms with Crippen molar-refractivity contribution >= 4 is 18.4 Å². The Kier molecular flexibility index (Phi) is 8.90. The number of rotatable bonds is 8. The Labute approximate surface area is 171 Å². The van der Waals surface area contributed by atoms with Gasteiger partial charge in [0, 0.05) is 19.5 Å². The van der Waals surface area contributed by atoms with Gasteiger partial charge in [-0.3, -0.25) is 4.79 Å². The van der Waals surface area contributed by atoms with Crippen molar-refractivity contribution in [2.45, 2.75) is 37.9 Å². The van der Waals surface area contributed by atoms with Crippen molar-refractivity contribution in [3.05, 3.63) is 71.5 Å². The van der Waals surface area contributed by atoms with E-state index in [2.05, 4.69) is 4.90 Å². The van der Waals surface area contributed by atoms with E-state index < -0.39 is 5.97 Å². The predicted octanol–water partition coefficient (Wildman–Crippen LogP) is 4.68. The lowest BCUT2D eigenvalue weighted by molar-refractivity contribution is -0.137. The molecule has 0 bridgehead atoms. The van der Waals surface area contributed by atoms with Crippen LogP contribution in [0.2, 0.25) is 0 Å². The van der Waals surface area contributed by atoms with Gasteiger partial charge in [-0.15, -0.1) is 12.4 Å². The van der Waals surface area contributed by atoms with Crippen LogP contribution < -0.4 is 0 Å². The van der Waals surface area contributed by atoms with Crippen molar-refractivity contribution in [2.24, 2.45) is 0 Å². The molecule has 0 radical (unpaired) electrons. The summed E-state index contributed by atoms with van der Waals surface area (Å²) in [4.78, 5) is 12.9. The SMILES string of the molecule is Cl.O=C(O)CCCN1CCC(OC(c2ccccc2)c2ccc(F)cc2)CC1. The third-order valence-electron chi connectivity index (χ3n) is 5.00. The van der Waals surface area contributed by atoms with Crippen molar-refractivity contribution in [2.75, 3.05) is 19.6 Å². The third-order valence-corrected chi connectivity index (χ3v) is 5.00. The second-order valence-electron chi connectivity index (χ2n) is 7.02. The fourth-order valence-electron chi connectivity index (χ4n) is 3.53. The molecule has 6 heteroatoms. The molecule has 0 saturated carbocycles. The van der Waals surface area contributed by atoms with Crippen LogP contribution in [0.25, 0.3) is 0 Å². The van der Waals surface area contributed by atoms with Crippen molar-refractivity contribution in [3.8, 4) is 0 Å². The number of ether oxygens (including phenoxy) is 1. The minimum Gasteiger partial charge on any atom is -0.481 e. The number of benzene rings is 2. The highest BCUT2D eigenvalue weighted by Gasteiger charge is 2.24. The molecule has 1 fully saturated rings. The minimum absolute atomic E-state index is 0. The molecule has 2 aromatic carbocycles. The maximum absolute atomic E-state index is 13.3. The largest absolute Gasteiger partial charge is 0.481 e. The summed E-state index contributed by atoms with van der Waals surface area (Å²) >= 11 is 0. The van der Waals surface area contributed by atoms with E-state index in [9.17, 15) is 9.18 Å². The van der Waals surface area contributed by atoms with Gasteiger partial charge < -0.3 is 14.7 Å². The molecule has 1 N–H and O–H groups in total. The standard InChI is InChI=1S/C22H26FNO3.ClH/c23-19-10-8-18(9-11-19)22(17-5-2-1-3-6-17)27-20-12-15-24(16-13-20)14-4-7-21(25)26;/h1-3,5-6,8-11,20,22H,4,7,12-16H2,(H,25,26);1H. The minimum atomic E-state index is -0.738. The average molecular weight is 408 g/mol. The Morgan fingerprint density at radius 2 is 1.68 bits per heavy atom. The Morgan fingerprint density at radius 3 is 2.29 bits per heavy atom. The van der Waals surface area contributed by atoms with Crippen LogP contribution in [0.4, 0.5) is 4.39 Å². The summed E-state index contributed by atoms with van der Waals surface area (Å²) in [6.45, 7) is 2.64. The number of piperidine rings is 1. The number of hydrogen-bond acceptors (Lipinski definition) is 3. The molecular weight excluding hydrogens is 381 g/mol. The molecule has 0 amide bonds. The fourth-order valence-corrected chi connectivity index (χ4v) is 3.53. The number of likely N-dealkylation sites (tertiary alicyclic amines) is 1. The van der Waals surface area contributed by atoms with E-state index >= 15 is 0 Å². The molecule has 152 valence electrons. The number of carboxylic acids is 1. The molecule has 1 heterocycles. The van der Waals surface area contributed by atoms with Crippen molar-refractivity contribution < 1.29 is 19.0 Å². The highest BCUT2D eigenvalue weighted by atomic mass is 35.5. The Morgan fingerprint density at radius 1 is 1.07 bits per heavy atom. The van der Waals surface area contributed by atoms with Gasteiger partial charge in [0.05, 0.1) is 6.10 Å². The molecule has 28 heavy (non-hydrogen) atoms. The van der Waals surface area contributed by atoms with Crippen LogP contribution in [0.15, 0.2) is 54.6 Å². The maximum atomic E-state index is 13.3. The van der Waals surface area contributed by atoms with E-state index in [1.165, 1.54) is 12.1 Å². The zero-order valence-corrected chi connectivity index (χ0v) is 16.6. The van der Waals surface area contributed by atoms with Gasteiger partial charge in [0.15, 0.2) is 0 Å². The molecule has 1 atom stereocenters. The molecule has 0 aromatic heterocycles. The van der Waals surface area contributed by atoms with Crippen LogP contribution in [0, 0.1) is 5.82 Å². The van der Waals surface area contributed by atoms with E-state index in [0.29, 0.717) is 6.42 Å². The second kappa shape index (κ2) is 11.1. The van der Waals surface area contributed by atoms with E-state index in [1.54, 1.807) is 12.1 Å². The van der Waals surface area contributed by atoms with Gasteiger partial charge in [0.2, 0.25) is 0 Å². The van der Waals surface area contributed by atoms with Gasteiger partial charge in [-0.2, -0.15) is 0 Å². The Hall–Kier alpha value is -1.95. The summed E-state index contributed by atoms with van der Waals surface area (Å²) in [6.07, 6.45) is 2.65. The van der Waals surface area contributed by atoms with Gasteiger partial charge in [0.25, 0.3) is 0 Å². The molecule has 2 aromatic rings. The molecule has 1 saturated heterocycles. The first-order valence-electron chi connectivity index (χ1n) is 9.52. The zero-order chi connectivity index (χ0) is 19.1. The highest BCUT2D eigenvalue weighted by molar-refractivity contribution is 5.85. The van der Waals surface area contributed by atoms with Gasteiger partial charge in [-0.05, 0) is 49.1 Å². The van der Waals surface area contributed by atoms with E-state index in [-0.39, 0.29) is 36.9 Å². The first-order chi connectivity index (χ1) is 13.1. The van der Waals surface area contributed by atoms with E-state index in [0.717, 1.165) is 43.6 Å². The summed E-state index contributed by atoms with van der Waals surface area (Å²) in [5.41, 5.74) is 2.01. The molecule has 4 nitrogen and oxygen atoms in total. The van der Waals surface area contributed by atoms with Gasteiger partial charge >= 0.3 is 5.97 Å². The molecule has 1 aliphatic rings. The normalized spacial score (nSPS) is 16.3. The number of aliphatic carboxylic acids is 1. The predicted molar refractivity (Wildman–Crippen MR) is 109 cm³/mol.